The van der Waals surface area contributed by atoms with Crippen molar-refractivity contribution < 1.29 is 4.74 Å². The van der Waals surface area contributed by atoms with Crippen LogP contribution in [0.15, 0.2) is 54.6 Å². The van der Waals surface area contributed by atoms with E-state index in [0.29, 0.717) is 0 Å². The maximum absolute atomic E-state index is 5.36. The molecule has 2 heterocycles. The van der Waals surface area contributed by atoms with Gasteiger partial charge in [0.1, 0.15) is 5.75 Å². The fourth-order valence-corrected chi connectivity index (χ4v) is 4.60. The van der Waals surface area contributed by atoms with Gasteiger partial charge in [0, 0.05) is 45.3 Å². The zero-order chi connectivity index (χ0) is 19.2. The summed E-state index contributed by atoms with van der Waals surface area (Å²) in [5.74, 6) is 0.957. The van der Waals surface area contributed by atoms with Crippen LogP contribution in [-0.2, 0) is 13.1 Å². The summed E-state index contributed by atoms with van der Waals surface area (Å²) in [6.07, 6.45) is 2.62. The van der Waals surface area contributed by atoms with Crippen molar-refractivity contribution in [2.24, 2.45) is 0 Å². The highest BCUT2D eigenvalue weighted by Gasteiger charge is 2.27. The maximum Gasteiger partial charge on any atom is 0.119 e. The van der Waals surface area contributed by atoms with Gasteiger partial charge in [0.2, 0.25) is 0 Å². The van der Waals surface area contributed by atoms with Crippen LogP contribution in [0, 0.1) is 0 Å². The average Bonchev–Trinajstić information content (AvgIpc) is 2.76. The Kier molecular flexibility index (Phi) is 6.63. The van der Waals surface area contributed by atoms with E-state index in [9.17, 15) is 0 Å². The van der Waals surface area contributed by atoms with Crippen molar-refractivity contribution in [2.45, 2.75) is 32.0 Å². The highest BCUT2D eigenvalue weighted by Crippen LogP contribution is 2.21. The van der Waals surface area contributed by atoms with Crippen LogP contribution in [0.5, 0.6) is 5.75 Å². The molecule has 2 aliphatic rings. The van der Waals surface area contributed by atoms with Crippen molar-refractivity contribution in [2.75, 3.05) is 46.4 Å². The van der Waals surface area contributed by atoms with Gasteiger partial charge in [-0.25, -0.2) is 0 Å². The van der Waals surface area contributed by atoms with Gasteiger partial charge in [-0.1, -0.05) is 42.5 Å². The Bertz CT molecular complexity index is 720. The Morgan fingerprint density at radius 1 is 0.750 bits per heavy atom. The lowest BCUT2D eigenvalue weighted by Crippen LogP contribution is -2.52. The zero-order valence-corrected chi connectivity index (χ0v) is 17.1. The molecule has 2 aromatic carbocycles. The second-order valence-corrected chi connectivity index (χ2v) is 8.16. The van der Waals surface area contributed by atoms with Crippen molar-refractivity contribution in [1.82, 2.24) is 14.7 Å². The highest BCUT2D eigenvalue weighted by atomic mass is 16.5. The Balaban J connectivity index is 1.20. The van der Waals surface area contributed by atoms with E-state index in [1.807, 2.05) is 6.07 Å². The van der Waals surface area contributed by atoms with Crippen LogP contribution in [0.4, 0.5) is 0 Å². The third-order valence-corrected chi connectivity index (χ3v) is 6.27. The smallest absolute Gasteiger partial charge is 0.119 e. The van der Waals surface area contributed by atoms with E-state index in [-0.39, 0.29) is 0 Å². The number of methoxy groups -OCH3 is 1. The van der Waals surface area contributed by atoms with Crippen LogP contribution in [0.2, 0.25) is 0 Å². The summed E-state index contributed by atoms with van der Waals surface area (Å²) in [5, 5.41) is 0. The van der Waals surface area contributed by atoms with Crippen LogP contribution in [0.1, 0.15) is 24.0 Å². The van der Waals surface area contributed by atoms with Crippen LogP contribution in [0.3, 0.4) is 0 Å². The predicted molar refractivity (Wildman–Crippen MR) is 115 cm³/mol. The minimum atomic E-state index is 0.769. The Morgan fingerprint density at radius 2 is 1.39 bits per heavy atom. The van der Waals surface area contributed by atoms with Crippen molar-refractivity contribution in [3.8, 4) is 5.75 Å². The Labute approximate surface area is 169 Å². The summed E-state index contributed by atoms with van der Waals surface area (Å²) < 4.78 is 5.36. The first kappa shape index (κ1) is 19.4. The van der Waals surface area contributed by atoms with Crippen molar-refractivity contribution >= 4 is 0 Å². The lowest BCUT2D eigenvalue weighted by Gasteiger charge is -2.43. The maximum atomic E-state index is 5.36. The Morgan fingerprint density at radius 3 is 2.11 bits per heavy atom. The Hall–Kier alpha value is -1.88. The number of piperidine rings is 1. The minimum Gasteiger partial charge on any atom is -0.497 e. The fraction of sp³-hybridized carbons (Fsp3) is 0.500. The molecular formula is C24H33N3O. The van der Waals surface area contributed by atoms with Crippen LogP contribution in [-0.4, -0.2) is 67.1 Å². The second-order valence-electron chi connectivity index (χ2n) is 8.16. The summed E-state index contributed by atoms with van der Waals surface area (Å²) in [7, 11) is 1.74. The first-order valence-corrected chi connectivity index (χ1v) is 10.7. The summed E-state index contributed by atoms with van der Waals surface area (Å²) in [4.78, 5) is 7.93. The summed E-state index contributed by atoms with van der Waals surface area (Å²) in [6, 6.07) is 20.1. The molecule has 0 aromatic heterocycles. The molecule has 150 valence electrons. The zero-order valence-electron chi connectivity index (χ0n) is 17.1. The minimum absolute atomic E-state index is 0.769. The first-order valence-electron chi connectivity index (χ1n) is 10.7. The number of piperazine rings is 1. The van der Waals surface area contributed by atoms with Gasteiger partial charge < -0.3 is 4.74 Å². The molecule has 4 heteroatoms. The van der Waals surface area contributed by atoms with E-state index >= 15 is 0 Å². The molecule has 28 heavy (non-hydrogen) atoms. The molecule has 0 bridgehead atoms. The summed E-state index contributed by atoms with van der Waals surface area (Å²) in [6.45, 7) is 9.32. The molecule has 2 aliphatic heterocycles. The molecule has 0 unspecified atom stereocenters. The lowest BCUT2D eigenvalue weighted by molar-refractivity contribution is 0.0550. The number of ether oxygens (including phenoxy) is 1. The lowest BCUT2D eigenvalue weighted by atomic mass is 10.0. The number of likely N-dealkylation sites (tertiary alicyclic amines) is 1. The third-order valence-electron chi connectivity index (χ3n) is 6.27. The monoisotopic (exact) mass is 379 g/mol. The van der Waals surface area contributed by atoms with Crippen LogP contribution in [0.25, 0.3) is 0 Å². The van der Waals surface area contributed by atoms with E-state index < -0.39 is 0 Å². The number of benzene rings is 2. The van der Waals surface area contributed by atoms with Gasteiger partial charge in [0.05, 0.1) is 7.11 Å². The number of hydrogen-bond acceptors (Lipinski definition) is 4. The van der Waals surface area contributed by atoms with Gasteiger partial charge >= 0.3 is 0 Å². The molecule has 2 saturated heterocycles. The molecule has 0 amide bonds. The fourth-order valence-electron chi connectivity index (χ4n) is 4.60. The van der Waals surface area contributed by atoms with Crippen molar-refractivity contribution in [3.63, 3.8) is 0 Å². The standard InChI is InChI=1S/C24H33N3O/c1-28-24-9-5-8-22(18-24)20-26-14-16-27(17-15-26)23-10-12-25(13-11-23)19-21-6-3-2-4-7-21/h2-9,18,23H,10-17,19-20H2,1H3. The molecule has 4 rings (SSSR count). The molecular weight excluding hydrogens is 346 g/mol. The molecule has 0 spiro atoms. The van der Waals surface area contributed by atoms with Crippen molar-refractivity contribution in [3.05, 3.63) is 65.7 Å². The van der Waals surface area contributed by atoms with Crippen LogP contribution < -0.4 is 4.74 Å². The molecule has 2 fully saturated rings. The molecule has 2 aromatic rings. The second kappa shape index (κ2) is 9.55. The summed E-state index contributed by atoms with van der Waals surface area (Å²) >= 11 is 0. The molecule has 0 N–H and O–H groups in total. The quantitative estimate of drug-likeness (QED) is 0.765. The van der Waals surface area contributed by atoms with Gasteiger partial charge in [-0.15, -0.1) is 0 Å². The normalized spacial score (nSPS) is 20.3. The van der Waals surface area contributed by atoms with Gasteiger partial charge in [-0.2, -0.15) is 0 Å². The van der Waals surface area contributed by atoms with Crippen molar-refractivity contribution in [1.29, 1.82) is 0 Å². The summed E-state index contributed by atoms with van der Waals surface area (Å²) in [5.41, 5.74) is 2.79. The van der Waals surface area contributed by atoms with E-state index in [1.165, 1.54) is 63.2 Å². The predicted octanol–water partition coefficient (Wildman–Crippen LogP) is 3.48. The van der Waals surface area contributed by atoms with E-state index in [1.54, 1.807) is 7.11 Å². The average molecular weight is 380 g/mol. The van der Waals surface area contributed by atoms with E-state index in [0.717, 1.165) is 24.9 Å². The first-order chi connectivity index (χ1) is 13.8. The van der Waals surface area contributed by atoms with Gasteiger partial charge in [0.25, 0.3) is 0 Å². The van der Waals surface area contributed by atoms with E-state index in [2.05, 4.69) is 63.2 Å². The van der Waals surface area contributed by atoms with Gasteiger partial charge in [-0.05, 0) is 49.2 Å². The molecule has 0 aliphatic carbocycles. The number of nitrogens with zero attached hydrogens (tertiary/aromatic N) is 3. The number of rotatable bonds is 6. The molecule has 0 saturated carbocycles. The van der Waals surface area contributed by atoms with Gasteiger partial charge in [-0.3, -0.25) is 14.7 Å². The molecule has 4 nitrogen and oxygen atoms in total. The number of hydrogen-bond donors (Lipinski definition) is 0. The largest absolute Gasteiger partial charge is 0.497 e. The highest BCUT2D eigenvalue weighted by molar-refractivity contribution is 5.28. The van der Waals surface area contributed by atoms with Gasteiger partial charge in [0.15, 0.2) is 0 Å². The molecule has 0 atom stereocenters. The van der Waals surface area contributed by atoms with Crippen LogP contribution >= 0.6 is 0 Å². The van der Waals surface area contributed by atoms with E-state index in [4.69, 9.17) is 4.74 Å². The SMILES string of the molecule is COc1cccc(CN2CCN(C3CCN(Cc4ccccc4)CC3)CC2)c1. The third kappa shape index (κ3) is 5.13. The molecule has 0 radical (unpaired) electrons. The topological polar surface area (TPSA) is 19.0 Å².